The van der Waals surface area contributed by atoms with E-state index in [0.29, 0.717) is 16.5 Å². The van der Waals surface area contributed by atoms with Crippen molar-refractivity contribution in [1.29, 1.82) is 0 Å². The fourth-order valence-corrected chi connectivity index (χ4v) is 1.89. The van der Waals surface area contributed by atoms with Crippen LogP contribution in [0.5, 0.6) is 0 Å². The van der Waals surface area contributed by atoms with E-state index < -0.39 is 0 Å². The Labute approximate surface area is 122 Å². The van der Waals surface area contributed by atoms with Gasteiger partial charge in [-0.3, -0.25) is 9.89 Å². The maximum Gasteiger partial charge on any atom is 0.257 e. The van der Waals surface area contributed by atoms with Crippen molar-refractivity contribution in [3.8, 4) is 0 Å². The molecule has 0 aliphatic rings. The van der Waals surface area contributed by atoms with E-state index >= 15 is 0 Å². The highest BCUT2D eigenvalue weighted by Gasteiger charge is 2.19. The van der Waals surface area contributed by atoms with Gasteiger partial charge in [0.25, 0.3) is 5.91 Å². The van der Waals surface area contributed by atoms with Crippen molar-refractivity contribution in [3.05, 3.63) is 40.3 Å². The minimum absolute atomic E-state index is 0.178. The topological polar surface area (TPSA) is 70.7 Å². The first-order valence-corrected chi connectivity index (χ1v) is 6.65. The molecule has 1 amide bonds. The summed E-state index contributed by atoms with van der Waals surface area (Å²) in [6.45, 7) is 7.92. The van der Waals surface area contributed by atoms with Crippen LogP contribution in [0.3, 0.4) is 0 Å². The molecule has 2 rings (SSSR count). The quantitative estimate of drug-likeness (QED) is 0.834. The highest BCUT2D eigenvalue weighted by atomic mass is 35.5. The molecule has 6 heteroatoms. The van der Waals surface area contributed by atoms with Crippen LogP contribution in [0.4, 0.5) is 5.82 Å². The van der Waals surface area contributed by atoms with Gasteiger partial charge < -0.3 is 5.32 Å². The molecule has 0 atom stereocenters. The third-order valence-corrected chi connectivity index (χ3v) is 2.97. The van der Waals surface area contributed by atoms with E-state index in [9.17, 15) is 4.79 Å². The van der Waals surface area contributed by atoms with Crippen LogP contribution in [0.2, 0.25) is 5.15 Å². The molecule has 2 heterocycles. The number of pyridine rings is 1. The van der Waals surface area contributed by atoms with E-state index in [1.165, 1.54) is 0 Å². The lowest BCUT2D eigenvalue weighted by Crippen LogP contribution is -2.17. The van der Waals surface area contributed by atoms with Gasteiger partial charge in [-0.05, 0) is 19.1 Å². The molecule has 2 aromatic rings. The number of halogens is 1. The highest BCUT2D eigenvalue weighted by molar-refractivity contribution is 6.29. The van der Waals surface area contributed by atoms with Gasteiger partial charge in [0.1, 0.15) is 5.15 Å². The number of aromatic nitrogens is 3. The number of carbonyl (C=O) groups excluding carboxylic acids is 1. The van der Waals surface area contributed by atoms with E-state index in [-0.39, 0.29) is 11.3 Å². The fourth-order valence-electron chi connectivity index (χ4n) is 1.68. The van der Waals surface area contributed by atoms with Gasteiger partial charge in [-0.2, -0.15) is 5.10 Å². The van der Waals surface area contributed by atoms with Crippen molar-refractivity contribution in [2.24, 2.45) is 0 Å². The highest BCUT2D eigenvalue weighted by Crippen LogP contribution is 2.23. The number of aryl methyl sites for hydroxylation is 1. The van der Waals surface area contributed by atoms with E-state index in [0.717, 1.165) is 11.4 Å². The Kier molecular flexibility index (Phi) is 3.81. The van der Waals surface area contributed by atoms with Gasteiger partial charge in [-0.15, -0.1) is 0 Å². The smallest absolute Gasteiger partial charge is 0.257 e. The Morgan fingerprint density at radius 3 is 2.55 bits per heavy atom. The number of H-pyrrole nitrogens is 1. The lowest BCUT2D eigenvalue weighted by atomic mass is 9.91. The standard InChI is InChI=1S/C14H17ClN4O/c1-8-5-12(19-18-8)17-13(20)9-6-10(14(2,3)4)16-11(15)7-9/h5-7H,1-4H3,(H2,17,18,19,20). The predicted octanol–water partition coefficient (Wildman–Crippen LogP) is 3.32. The van der Waals surface area contributed by atoms with Crippen molar-refractivity contribution in [3.63, 3.8) is 0 Å². The Balaban J connectivity index is 2.28. The summed E-state index contributed by atoms with van der Waals surface area (Å²) in [6, 6.07) is 5.05. The van der Waals surface area contributed by atoms with Crippen LogP contribution in [0, 0.1) is 6.92 Å². The van der Waals surface area contributed by atoms with Gasteiger partial charge in [0, 0.05) is 28.4 Å². The Bertz CT molecular complexity index is 643. The minimum Gasteiger partial charge on any atom is -0.305 e. The van der Waals surface area contributed by atoms with Crippen LogP contribution in [0.25, 0.3) is 0 Å². The summed E-state index contributed by atoms with van der Waals surface area (Å²) in [6.07, 6.45) is 0. The van der Waals surface area contributed by atoms with Gasteiger partial charge in [-0.25, -0.2) is 4.98 Å². The molecular formula is C14H17ClN4O. The summed E-state index contributed by atoms with van der Waals surface area (Å²) >= 11 is 5.99. The molecule has 2 N–H and O–H groups in total. The van der Waals surface area contributed by atoms with Crippen molar-refractivity contribution >= 4 is 23.3 Å². The molecule has 20 heavy (non-hydrogen) atoms. The Morgan fingerprint density at radius 2 is 2.00 bits per heavy atom. The largest absolute Gasteiger partial charge is 0.305 e. The van der Waals surface area contributed by atoms with Crippen LogP contribution >= 0.6 is 11.6 Å². The van der Waals surface area contributed by atoms with Crippen molar-refractivity contribution in [1.82, 2.24) is 15.2 Å². The second kappa shape index (κ2) is 5.25. The number of aromatic amines is 1. The molecule has 5 nitrogen and oxygen atoms in total. The minimum atomic E-state index is -0.258. The van der Waals surface area contributed by atoms with E-state index in [1.54, 1.807) is 18.2 Å². The summed E-state index contributed by atoms with van der Waals surface area (Å²) in [7, 11) is 0. The molecule has 0 aliphatic heterocycles. The molecule has 2 aromatic heterocycles. The molecule has 106 valence electrons. The molecule has 0 aromatic carbocycles. The van der Waals surface area contributed by atoms with Gasteiger partial charge in [0.15, 0.2) is 5.82 Å². The molecule has 0 saturated carbocycles. The third kappa shape index (κ3) is 3.36. The Morgan fingerprint density at radius 1 is 1.30 bits per heavy atom. The van der Waals surface area contributed by atoms with Crippen LogP contribution in [-0.4, -0.2) is 21.1 Å². The summed E-state index contributed by atoms with van der Waals surface area (Å²) in [5.74, 6) is 0.226. The van der Waals surface area contributed by atoms with Crippen LogP contribution in [-0.2, 0) is 5.41 Å². The lowest BCUT2D eigenvalue weighted by Gasteiger charge is -2.18. The Hall–Kier alpha value is -1.88. The zero-order valence-electron chi connectivity index (χ0n) is 11.9. The maximum atomic E-state index is 12.2. The molecule has 0 spiro atoms. The van der Waals surface area contributed by atoms with E-state index in [4.69, 9.17) is 11.6 Å². The maximum absolute atomic E-state index is 12.2. The number of amides is 1. The molecule has 0 radical (unpaired) electrons. The third-order valence-electron chi connectivity index (χ3n) is 2.77. The number of carbonyl (C=O) groups is 1. The number of nitrogens with zero attached hydrogens (tertiary/aromatic N) is 2. The number of anilines is 1. The first kappa shape index (κ1) is 14.5. The van der Waals surface area contributed by atoms with Crippen LogP contribution in [0.1, 0.15) is 42.5 Å². The molecule has 0 bridgehead atoms. The SMILES string of the molecule is Cc1cc(NC(=O)c2cc(Cl)nc(C(C)(C)C)c2)n[nH]1. The molecule has 0 unspecified atom stereocenters. The number of hydrogen-bond acceptors (Lipinski definition) is 3. The van der Waals surface area contributed by atoms with Crippen molar-refractivity contribution in [2.45, 2.75) is 33.1 Å². The van der Waals surface area contributed by atoms with E-state index in [1.807, 2.05) is 27.7 Å². The average Bonchev–Trinajstić information content (AvgIpc) is 2.72. The monoisotopic (exact) mass is 292 g/mol. The van der Waals surface area contributed by atoms with Gasteiger partial charge >= 0.3 is 0 Å². The zero-order chi connectivity index (χ0) is 14.9. The van der Waals surface area contributed by atoms with Crippen LogP contribution < -0.4 is 5.32 Å². The first-order chi connectivity index (χ1) is 9.25. The molecule has 0 fully saturated rings. The van der Waals surface area contributed by atoms with E-state index in [2.05, 4.69) is 20.5 Å². The first-order valence-electron chi connectivity index (χ1n) is 6.27. The van der Waals surface area contributed by atoms with Crippen molar-refractivity contribution in [2.75, 3.05) is 5.32 Å². The normalized spacial score (nSPS) is 11.4. The molecular weight excluding hydrogens is 276 g/mol. The van der Waals surface area contributed by atoms with Crippen LogP contribution in [0.15, 0.2) is 18.2 Å². The molecule has 0 saturated heterocycles. The van der Waals surface area contributed by atoms with Gasteiger partial charge in [0.05, 0.1) is 0 Å². The summed E-state index contributed by atoms with van der Waals surface area (Å²) < 4.78 is 0. The zero-order valence-corrected chi connectivity index (χ0v) is 12.7. The second-order valence-electron chi connectivity index (χ2n) is 5.70. The lowest BCUT2D eigenvalue weighted by molar-refractivity contribution is 0.102. The summed E-state index contributed by atoms with van der Waals surface area (Å²) in [4.78, 5) is 16.5. The molecule has 0 aliphatic carbocycles. The van der Waals surface area contributed by atoms with Gasteiger partial charge in [-0.1, -0.05) is 32.4 Å². The number of hydrogen-bond donors (Lipinski definition) is 2. The fraction of sp³-hybridized carbons (Fsp3) is 0.357. The number of rotatable bonds is 2. The summed E-state index contributed by atoms with van der Waals surface area (Å²) in [5.41, 5.74) is 1.94. The second-order valence-corrected chi connectivity index (χ2v) is 6.09. The van der Waals surface area contributed by atoms with Gasteiger partial charge in [0.2, 0.25) is 0 Å². The number of nitrogens with one attached hydrogen (secondary N) is 2. The van der Waals surface area contributed by atoms with Crippen molar-refractivity contribution < 1.29 is 4.79 Å². The average molecular weight is 293 g/mol. The summed E-state index contributed by atoms with van der Waals surface area (Å²) in [5, 5.41) is 9.76. The predicted molar refractivity (Wildman–Crippen MR) is 79.2 cm³/mol.